The molecule has 1 fully saturated rings. The van der Waals surface area contributed by atoms with Gasteiger partial charge < -0.3 is 14.8 Å². The van der Waals surface area contributed by atoms with Crippen LogP contribution in [-0.4, -0.2) is 49.6 Å². The van der Waals surface area contributed by atoms with Crippen molar-refractivity contribution in [2.24, 2.45) is 13.0 Å². The normalized spacial score (nSPS) is 18.0. The van der Waals surface area contributed by atoms with Crippen molar-refractivity contribution in [2.45, 2.75) is 19.8 Å². The zero-order valence-electron chi connectivity index (χ0n) is 13.2. The SMILES string of the molecule is CC(=O)N1CCCC(C(=O)Nc2cc(-c3nccn3C)[nH]n2)C1. The van der Waals surface area contributed by atoms with Gasteiger partial charge in [0.25, 0.3) is 0 Å². The highest BCUT2D eigenvalue weighted by atomic mass is 16.2. The van der Waals surface area contributed by atoms with Gasteiger partial charge in [-0.1, -0.05) is 0 Å². The summed E-state index contributed by atoms with van der Waals surface area (Å²) in [6.07, 6.45) is 5.17. The molecular formula is C15H20N6O2. The van der Waals surface area contributed by atoms with Crippen molar-refractivity contribution in [2.75, 3.05) is 18.4 Å². The molecular weight excluding hydrogens is 296 g/mol. The topological polar surface area (TPSA) is 95.9 Å². The summed E-state index contributed by atoms with van der Waals surface area (Å²) in [7, 11) is 1.89. The Balaban J connectivity index is 1.65. The summed E-state index contributed by atoms with van der Waals surface area (Å²) in [5.74, 6) is 0.931. The molecule has 3 heterocycles. The molecule has 2 aromatic rings. The van der Waals surface area contributed by atoms with Crippen molar-refractivity contribution in [3.05, 3.63) is 18.5 Å². The van der Waals surface area contributed by atoms with Gasteiger partial charge in [0.2, 0.25) is 11.8 Å². The number of H-pyrrole nitrogens is 1. The van der Waals surface area contributed by atoms with Crippen LogP contribution in [0.5, 0.6) is 0 Å². The van der Waals surface area contributed by atoms with Crippen LogP contribution in [0.25, 0.3) is 11.5 Å². The fourth-order valence-corrected chi connectivity index (χ4v) is 2.83. The average Bonchev–Trinajstić information content (AvgIpc) is 3.16. The molecule has 122 valence electrons. The van der Waals surface area contributed by atoms with E-state index in [1.807, 2.05) is 17.8 Å². The lowest BCUT2D eigenvalue weighted by Gasteiger charge is -2.31. The van der Waals surface area contributed by atoms with E-state index in [4.69, 9.17) is 0 Å². The molecule has 0 spiro atoms. The van der Waals surface area contributed by atoms with Crippen molar-refractivity contribution < 1.29 is 9.59 Å². The van der Waals surface area contributed by atoms with E-state index in [-0.39, 0.29) is 17.7 Å². The molecule has 2 aromatic heterocycles. The minimum atomic E-state index is -0.194. The Morgan fingerprint density at radius 3 is 2.96 bits per heavy atom. The van der Waals surface area contributed by atoms with E-state index in [0.29, 0.717) is 12.4 Å². The Hall–Kier alpha value is -2.64. The summed E-state index contributed by atoms with van der Waals surface area (Å²) >= 11 is 0. The van der Waals surface area contributed by atoms with Crippen molar-refractivity contribution in [3.63, 3.8) is 0 Å². The molecule has 8 heteroatoms. The maximum atomic E-state index is 12.4. The molecule has 0 aliphatic carbocycles. The number of hydrogen-bond donors (Lipinski definition) is 2. The molecule has 1 saturated heterocycles. The van der Waals surface area contributed by atoms with Crippen molar-refractivity contribution >= 4 is 17.6 Å². The molecule has 2 N–H and O–H groups in total. The molecule has 3 rings (SSSR count). The van der Waals surface area contributed by atoms with Crippen LogP contribution in [0.15, 0.2) is 18.5 Å². The van der Waals surface area contributed by atoms with Gasteiger partial charge in [-0.3, -0.25) is 14.7 Å². The van der Waals surface area contributed by atoms with Crippen LogP contribution in [0.2, 0.25) is 0 Å². The molecule has 23 heavy (non-hydrogen) atoms. The molecule has 1 atom stereocenters. The van der Waals surface area contributed by atoms with Crippen LogP contribution in [0.4, 0.5) is 5.82 Å². The summed E-state index contributed by atoms with van der Waals surface area (Å²) < 4.78 is 1.87. The third-order valence-electron chi connectivity index (χ3n) is 4.13. The number of likely N-dealkylation sites (tertiary alicyclic amines) is 1. The monoisotopic (exact) mass is 316 g/mol. The van der Waals surface area contributed by atoms with Gasteiger partial charge in [-0.2, -0.15) is 5.10 Å². The predicted molar refractivity (Wildman–Crippen MR) is 84.4 cm³/mol. The standard InChI is InChI=1S/C15H20N6O2/c1-10(22)21-6-3-4-11(9-21)15(23)17-13-8-12(18-19-13)14-16-5-7-20(14)2/h5,7-8,11H,3-4,6,9H2,1-2H3,(H2,17,18,19,23). The third-order valence-corrected chi connectivity index (χ3v) is 4.13. The minimum Gasteiger partial charge on any atom is -0.342 e. The number of hydrogen-bond acceptors (Lipinski definition) is 4. The summed E-state index contributed by atoms with van der Waals surface area (Å²) in [5.41, 5.74) is 0.738. The number of aromatic nitrogens is 4. The van der Waals surface area contributed by atoms with Gasteiger partial charge >= 0.3 is 0 Å². The highest BCUT2D eigenvalue weighted by Gasteiger charge is 2.27. The predicted octanol–water partition coefficient (Wildman–Crippen LogP) is 1.01. The Bertz CT molecular complexity index is 719. The van der Waals surface area contributed by atoms with Crippen molar-refractivity contribution in [1.29, 1.82) is 0 Å². The largest absolute Gasteiger partial charge is 0.342 e. The molecule has 1 aliphatic heterocycles. The maximum Gasteiger partial charge on any atom is 0.230 e. The number of aromatic amines is 1. The summed E-state index contributed by atoms with van der Waals surface area (Å²) in [6, 6.07) is 1.76. The maximum absolute atomic E-state index is 12.4. The number of imidazole rings is 1. The van der Waals surface area contributed by atoms with Crippen LogP contribution in [0.3, 0.4) is 0 Å². The Morgan fingerprint density at radius 1 is 1.43 bits per heavy atom. The Labute approximate surface area is 133 Å². The van der Waals surface area contributed by atoms with Gasteiger partial charge in [-0.15, -0.1) is 0 Å². The summed E-state index contributed by atoms with van der Waals surface area (Å²) in [4.78, 5) is 29.8. The number of carbonyl (C=O) groups excluding carboxylic acids is 2. The summed E-state index contributed by atoms with van der Waals surface area (Å²) in [6.45, 7) is 2.73. The quantitative estimate of drug-likeness (QED) is 0.883. The van der Waals surface area contributed by atoms with E-state index in [9.17, 15) is 9.59 Å². The van der Waals surface area contributed by atoms with Gasteiger partial charge in [0.15, 0.2) is 11.6 Å². The molecule has 0 saturated carbocycles. The van der Waals surface area contributed by atoms with Crippen LogP contribution in [0.1, 0.15) is 19.8 Å². The fraction of sp³-hybridized carbons (Fsp3) is 0.467. The fourth-order valence-electron chi connectivity index (χ4n) is 2.83. The first-order valence-corrected chi connectivity index (χ1v) is 7.64. The minimum absolute atomic E-state index is 0.0133. The average molecular weight is 316 g/mol. The van der Waals surface area contributed by atoms with E-state index in [1.165, 1.54) is 6.92 Å². The van der Waals surface area contributed by atoms with E-state index in [0.717, 1.165) is 30.9 Å². The highest BCUT2D eigenvalue weighted by Crippen LogP contribution is 2.20. The third kappa shape index (κ3) is 3.25. The number of amides is 2. The van der Waals surface area contributed by atoms with E-state index in [2.05, 4.69) is 20.5 Å². The van der Waals surface area contributed by atoms with Gasteiger partial charge in [0, 0.05) is 45.5 Å². The number of nitrogens with zero attached hydrogens (tertiary/aromatic N) is 4. The van der Waals surface area contributed by atoms with Gasteiger partial charge in [0.1, 0.15) is 5.69 Å². The van der Waals surface area contributed by atoms with Crippen LogP contribution in [0, 0.1) is 5.92 Å². The van der Waals surface area contributed by atoms with Gasteiger partial charge in [-0.05, 0) is 12.8 Å². The van der Waals surface area contributed by atoms with Crippen molar-refractivity contribution in [3.8, 4) is 11.5 Å². The summed E-state index contributed by atoms with van der Waals surface area (Å²) in [5, 5.41) is 9.80. The van der Waals surface area contributed by atoms with E-state index < -0.39 is 0 Å². The zero-order chi connectivity index (χ0) is 16.4. The number of rotatable bonds is 3. The lowest BCUT2D eigenvalue weighted by atomic mass is 9.97. The Morgan fingerprint density at radius 2 is 2.26 bits per heavy atom. The zero-order valence-corrected chi connectivity index (χ0v) is 13.2. The molecule has 8 nitrogen and oxygen atoms in total. The Kier molecular flexibility index (Phi) is 4.14. The molecule has 1 unspecified atom stereocenters. The van der Waals surface area contributed by atoms with Crippen molar-refractivity contribution in [1.82, 2.24) is 24.6 Å². The molecule has 0 radical (unpaired) electrons. The van der Waals surface area contributed by atoms with E-state index >= 15 is 0 Å². The van der Waals surface area contributed by atoms with Crippen LogP contribution >= 0.6 is 0 Å². The lowest BCUT2D eigenvalue weighted by Crippen LogP contribution is -2.42. The van der Waals surface area contributed by atoms with E-state index in [1.54, 1.807) is 17.2 Å². The number of carbonyl (C=O) groups is 2. The molecule has 0 aromatic carbocycles. The second kappa shape index (κ2) is 6.23. The van der Waals surface area contributed by atoms with Crippen LogP contribution < -0.4 is 5.32 Å². The highest BCUT2D eigenvalue weighted by molar-refractivity contribution is 5.92. The van der Waals surface area contributed by atoms with Crippen LogP contribution in [-0.2, 0) is 16.6 Å². The first kappa shape index (κ1) is 15.3. The number of aryl methyl sites for hydroxylation is 1. The first-order chi connectivity index (χ1) is 11.0. The molecule has 0 bridgehead atoms. The lowest BCUT2D eigenvalue weighted by molar-refractivity contribution is -0.132. The molecule has 2 amide bonds. The second-order valence-electron chi connectivity index (χ2n) is 5.82. The van der Waals surface area contributed by atoms with Gasteiger partial charge in [0.05, 0.1) is 5.92 Å². The molecule has 1 aliphatic rings. The number of anilines is 1. The number of nitrogens with one attached hydrogen (secondary N) is 2. The number of piperidine rings is 1. The smallest absolute Gasteiger partial charge is 0.230 e. The second-order valence-corrected chi connectivity index (χ2v) is 5.82. The first-order valence-electron chi connectivity index (χ1n) is 7.64. The van der Waals surface area contributed by atoms with Gasteiger partial charge in [-0.25, -0.2) is 4.98 Å².